The Labute approximate surface area is 214 Å². The molecule has 0 aliphatic heterocycles. The number of nitrogens with zero attached hydrogens (tertiary/aromatic N) is 4. The summed E-state index contributed by atoms with van der Waals surface area (Å²) < 4.78 is 7.62. The number of pyridine rings is 1. The Bertz CT molecular complexity index is 1030. The van der Waals surface area contributed by atoms with E-state index in [1.54, 1.807) is 7.05 Å². The van der Waals surface area contributed by atoms with Gasteiger partial charge in [-0.15, -0.1) is 24.0 Å². The Morgan fingerprint density at radius 3 is 2.36 bits per heavy atom. The Hall–Kier alpha value is -2.62. The van der Waals surface area contributed by atoms with Gasteiger partial charge in [-0.3, -0.25) is 4.99 Å². The lowest BCUT2D eigenvalue weighted by Crippen LogP contribution is -2.38. The predicted molar refractivity (Wildman–Crippen MR) is 145 cm³/mol. The molecule has 178 valence electrons. The van der Waals surface area contributed by atoms with Gasteiger partial charge in [0.05, 0.1) is 18.3 Å². The molecule has 3 rings (SSSR count). The van der Waals surface area contributed by atoms with Gasteiger partial charge in [-0.05, 0) is 62.1 Å². The van der Waals surface area contributed by atoms with E-state index in [1.165, 1.54) is 5.56 Å². The van der Waals surface area contributed by atoms with Crippen LogP contribution in [0.25, 0.3) is 5.82 Å². The molecule has 1 unspecified atom stereocenters. The van der Waals surface area contributed by atoms with Crippen molar-refractivity contribution in [2.24, 2.45) is 10.9 Å². The van der Waals surface area contributed by atoms with Crippen molar-refractivity contribution in [2.45, 2.75) is 47.2 Å². The number of halogens is 1. The molecule has 8 heteroatoms. The van der Waals surface area contributed by atoms with Crippen LogP contribution in [-0.2, 0) is 6.54 Å². The summed E-state index contributed by atoms with van der Waals surface area (Å²) in [4.78, 5) is 8.91. The van der Waals surface area contributed by atoms with Gasteiger partial charge in [-0.25, -0.2) is 9.67 Å². The molecule has 0 aliphatic rings. The predicted octanol–water partition coefficient (Wildman–Crippen LogP) is 4.96. The fourth-order valence-corrected chi connectivity index (χ4v) is 3.29. The first-order valence-corrected chi connectivity index (χ1v) is 11.0. The molecule has 2 heterocycles. The lowest BCUT2D eigenvalue weighted by Gasteiger charge is -2.19. The van der Waals surface area contributed by atoms with Crippen LogP contribution in [0.5, 0.6) is 5.75 Å². The number of rotatable bonds is 8. The SMILES string of the molecule is CN=C(NCc1ccc(-n2nc(C)cc2C)nc1)NC(C)c1ccc(OCC(C)C)cc1.I. The molecule has 33 heavy (non-hydrogen) atoms. The first-order valence-electron chi connectivity index (χ1n) is 11.0. The fourth-order valence-electron chi connectivity index (χ4n) is 3.29. The van der Waals surface area contributed by atoms with Crippen LogP contribution in [0.3, 0.4) is 0 Å². The number of aromatic nitrogens is 3. The molecule has 2 aromatic heterocycles. The zero-order valence-corrected chi connectivity index (χ0v) is 22.6. The number of nitrogens with one attached hydrogen (secondary N) is 2. The fraction of sp³-hybridized carbons (Fsp3) is 0.400. The molecule has 0 fully saturated rings. The minimum absolute atomic E-state index is 0. The number of benzene rings is 1. The van der Waals surface area contributed by atoms with Gasteiger partial charge in [0.1, 0.15) is 5.75 Å². The number of ether oxygens (including phenoxy) is 1. The standard InChI is InChI=1S/C25H34N6O.HI/c1-17(2)16-32-23-10-8-22(9-11-23)20(5)29-25(26-6)28-15-21-7-12-24(27-14-21)31-19(4)13-18(3)30-31;/h7-14,17,20H,15-16H2,1-6H3,(H2,26,28,29);1H. The van der Waals surface area contributed by atoms with Gasteiger partial charge in [0, 0.05) is 25.5 Å². The number of hydrogen-bond donors (Lipinski definition) is 2. The van der Waals surface area contributed by atoms with Crippen LogP contribution in [0.2, 0.25) is 0 Å². The number of hydrogen-bond acceptors (Lipinski definition) is 4. The molecule has 0 amide bonds. The van der Waals surface area contributed by atoms with E-state index in [2.05, 4.69) is 64.7 Å². The van der Waals surface area contributed by atoms with E-state index >= 15 is 0 Å². The maximum absolute atomic E-state index is 5.77. The molecule has 7 nitrogen and oxygen atoms in total. The van der Waals surface area contributed by atoms with Crippen LogP contribution in [0.15, 0.2) is 53.7 Å². The normalized spacial score (nSPS) is 12.3. The zero-order valence-electron chi connectivity index (χ0n) is 20.3. The summed E-state index contributed by atoms with van der Waals surface area (Å²) in [6.07, 6.45) is 1.87. The lowest BCUT2D eigenvalue weighted by molar-refractivity contribution is 0.271. The van der Waals surface area contributed by atoms with Gasteiger partial charge < -0.3 is 15.4 Å². The van der Waals surface area contributed by atoms with Gasteiger partial charge in [-0.1, -0.05) is 32.0 Å². The summed E-state index contributed by atoms with van der Waals surface area (Å²) in [7, 11) is 1.77. The highest BCUT2D eigenvalue weighted by Crippen LogP contribution is 2.18. The molecular formula is C25H35IN6O. The monoisotopic (exact) mass is 562 g/mol. The van der Waals surface area contributed by atoms with Crippen molar-refractivity contribution in [1.82, 2.24) is 25.4 Å². The van der Waals surface area contributed by atoms with Crippen molar-refractivity contribution < 1.29 is 4.74 Å². The second-order valence-electron chi connectivity index (χ2n) is 8.43. The van der Waals surface area contributed by atoms with Crippen molar-refractivity contribution in [1.29, 1.82) is 0 Å². The molecule has 0 saturated carbocycles. The molecule has 0 spiro atoms. The Morgan fingerprint density at radius 1 is 1.09 bits per heavy atom. The van der Waals surface area contributed by atoms with Crippen LogP contribution in [0.4, 0.5) is 0 Å². The van der Waals surface area contributed by atoms with Gasteiger partial charge >= 0.3 is 0 Å². The average molecular weight is 563 g/mol. The first-order chi connectivity index (χ1) is 15.4. The summed E-state index contributed by atoms with van der Waals surface area (Å²) in [6, 6.07) is 14.4. The molecule has 0 aliphatic carbocycles. The third kappa shape index (κ3) is 7.73. The van der Waals surface area contributed by atoms with Crippen molar-refractivity contribution in [2.75, 3.05) is 13.7 Å². The third-order valence-corrected chi connectivity index (χ3v) is 5.04. The highest BCUT2D eigenvalue weighted by Gasteiger charge is 2.09. The van der Waals surface area contributed by atoms with Crippen molar-refractivity contribution in [3.8, 4) is 11.6 Å². The number of aliphatic imine (C=N–C) groups is 1. The number of guanidine groups is 1. The van der Waals surface area contributed by atoms with E-state index in [0.29, 0.717) is 12.5 Å². The summed E-state index contributed by atoms with van der Waals surface area (Å²) >= 11 is 0. The minimum atomic E-state index is 0. The topological polar surface area (TPSA) is 76.4 Å². The molecule has 3 aromatic rings. The minimum Gasteiger partial charge on any atom is -0.493 e. The summed E-state index contributed by atoms with van der Waals surface area (Å²) in [5, 5.41) is 11.3. The molecule has 1 atom stereocenters. The Balaban J connectivity index is 0.00000385. The van der Waals surface area contributed by atoms with E-state index in [1.807, 2.05) is 49.0 Å². The van der Waals surface area contributed by atoms with Crippen LogP contribution >= 0.6 is 24.0 Å². The van der Waals surface area contributed by atoms with Crippen molar-refractivity contribution in [3.05, 3.63) is 71.2 Å². The van der Waals surface area contributed by atoms with Crippen LogP contribution in [-0.4, -0.2) is 34.4 Å². The molecule has 0 bridgehead atoms. The van der Waals surface area contributed by atoms with E-state index in [4.69, 9.17) is 4.74 Å². The van der Waals surface area contributed by atoms with Crippen LogP contribution in [0, 0.1) is 19.8 Å². The molecular weight excluding hydrogens is 527 g/mol. The second-order valence-corrected chi connectivity index (χ2v) is 8.43. The van der Waals surface area contributed by atoms with E-state index in [0.717, 1.165) is 41.1 Å². The van der Waals surface area contributed by atoms with Gasteiger partial charge in [0.2, 0.25) is 0 Å². The van der Waals surface area contributed by atoms with E-state index in [9.17, 15) is 0 Å². The first kappa shape index (κ1) is 26.6. The van der Waals surface area contributed by atoms with Crippen molar-refractivity contribution in [3.63, 3.8) is 0 Å². The van der Waals surface area contributed by atoms with Crippen molar-refractivity contribution >= 4 is 29.9 Å². The third-order valence-electron chi connectivity index (χ3n) is 5.04. The smallest absolute Gasteiger partial charge is 0.191 e. The molecule has 2 N–H and O–H groups in total. The maximum atomic E-state index is 5.77. The van der Waals surface area contributed by atoms with E-state index < -0.39 is 0 Å². The highest BCUT2D eigenvalue weighted by molar-refractivity contribution is 14.0. The zero-order chi connectivity index (χ0) is 23.1. The van der Waals surface area contributed by atoms with E-state index in [-0.39, 0.29) is 30.0 Å². The quantitative estimate of drug-likeness (QED) is 0.231. The second kappa shape index (κ2) is 12.6. The Kier molecular flexibility index (Phi) is 10.1. The molecule has 1 aromatic carbocycles. The summed E-state index contributed by atoms with van der Waals surface area (Å²) in [6.45, 7) is 11.8. The molecule has 0 saturated heterocycles. The summed E-state index contributed by atoms with van der Waals surface area (Å²) in [5.41, 5.74) is 4.29. The maximum Gasteiger partial charge on any atom is 0.191 e. The average Bonchev–Trinajstić information content (AvgIpc) is 3.13. The highest BCUT2D eigenvalue weighted by atomic mass is 127. The number of aryl methyl sites for hydroxylation is 2. The summed E-state index contributed by atoms with van der Waals surface area (Å²) in [5.74, 6) is 2.96. The van der Waals surface area contributed by atoms with Gasteiger partial charge in [-0.2, -0.15) is 5.10 Å². The largest absolute Gasteiger partial charge is 0.493 e. The Morgan fingerprint density at radius 2 is 1.82 bits per heavy atom. The van der Waals surface area contributed by atoms with Gasteiger partial charge in [0.15, 0.2) is 11.8 Å². The van der Waals surface area contributed by atoms with Gasteiger partial charge in [0.25, 0.3) is 0 Å². The molecule has 0 radical (unpaired) electrons. The lowest BCUT2D eigenvalue weighted by atomic mass is 10.1. The van der Waals surface area contributed by atoms with Crippen LogP contribution in [0.1, 0.15) is 49.3 Å². The van der Waals surface area contributed by atoms with Crippen LogP contribution < -0.4 is 15.4 Å².